The molecule has 20 heavy (non-hydrogen) atoms. The molecule has 1 aromatic heterocycles. The molecule has 0 atom stereocenters. The molecule has 0 aliphatic carbocycles. The fraction of sp³-hybridized carbons (Fsp3) is 0.0714. The summed E-state index contributed by atoms with van der Waals surface area (Å²) in [6, 6.07) is 8.89. The van der Waals surface area contributed by atoms with Gasteiger partial charge in [0.2, 0.25) is 5.91 Å². The van der Waals surface area contributed by atoms with E-state index in [1.807, 2.05) is 0 Å². The van der Waals surface area contributed by atoms with Gasteiger partial charge in [-0.3, -0.25) is 4.79 Å². The predicted octanol–water partition coefficient (Wildman–Crippen LogP) is 1.67. The van der Waals surface area contributed by atoms with Crippen molar-refractivity contribution in [2.45, 2.75) is 6.42 Å². The lowest BCUT2D eigenvalue weighted by Crippen LogP contribution is -2.15. The van der Waals surface area contributed by atoms with Crippen molar-refractivity contribution in [2.75, 3.05) is 5.32 Å². The first-order chi connectivity index (χ1) is 9.54. The van der Waals surface area contributed by atoms with Crippen molar-refractivity contribution >= 4 is 17.7 Å². The van der Waals surface area contributed by atoms with E-state index in [1.54, 1.807) is 12.1 Å². The first-order valence-corrected chi connectivity index (χ1v) is 5.82. The van der Waals surface area contributed by atoms with E-state index in [2.05, 4.69) is 10.3 Å². The Morgan fingerprint density at radius 1 is 1.15 bits per heavy atom. The van der Waals surface area contributed by atoms with Gasteiger partial charge in [-0.1, -0.05) is 12.1 Å². The highest BCUT2D eigenvalue weighted by Crippen LogP contribution is 2.11. The van der Waals surface area contributed by atoms with Gasteiger partial charge in [-0.2, -0.15) is 0 Å². The topological polar surface area (TPSA) is 99.5 Å². The number of carbonyl (C=O) groups excluding carboxylic acids is 1. The van der Waals surface area contributed by atoms with Crippen LogP contribution in [0.5, 0.6) is 5.75 Å². The van der Waals surface area contributed by atoms with E-state index in [-0.39, 0.29) is 29.5 Å². The number of phenols is 1. The minimum absolute atomic E-state index is 0.0555. The number of anilines is 1. The summed E-state index contributed by atoms with van der Waals surface area (Å²) in [6.07, 6.45) is 1.43. The Morgan fingerprint density at radius 2 is 1.85 bits per heavy atom. The van der Waals surface area contributed by atoms with Gasteiger partial charge in [-0.05, 0) is 29.8 Å². The van der Waals surface area contributed by atoms with Gasteiger partial charge in [-0.15, -0.1) is 0 Å². The van der Waals surface area contributed by atoms with E-state index in [4.69, 9.17) is 10.2 Å². The molecule has 0 bridgehead atoms. The quantitative estimate of drug-likeness (QED) is 0.786. The van der Waals surface area contributed by atoms with Gasteiger partial charge in [0.15, 0.2) is 0 Å². The summed E-state index contributed by atoms with van der Waals surface area (Å²) in [6.45, 7) is 0. The summed E-state index contributed by atoms with van der Waals surface area (Å²) in [5.41, 5.74) is 0.787. The van der Waals surface area contributed by atoms with Gasteiger partial charge >= 0.3 is 5.97 Å². The van der Waals surface area contributed by atoms with Crippen LogP contribution < -0.4 is 5.32 Å². The van der Waals surface area contributed by atoms with Gasteiger partial charge < -0.3 is 15.5 Å². The maximum Gasteiger partial charge on any atom is 0.335 e. The van der Waals surface area contributed by atoms with Crippen LogP contribution in [0, 0.1) is 0 Å². The number of nitrogens with zero attached hydrogens (tertiary/aromatic N) is 1. The van der Waals surface area contributed by atoms with E-state index in [0.29, 0.717) is 0 Å². The van der Waals surface area contributed by atoms with Crippen LogP contribution in [-0.4, -0.2) is 27.1 Å². The van der Waals surface area contributed by atoms with E-state index >= 15 is 0 Å². The third-order valence-electron chi connectivity index (χ3n) is 2.58. The molecule has 102 valence electrons. The summed E-state index contributed by atoms with van der Waals surface area (Å²) in [5.74, 6) is -1.08. The zero-order chi connectivity index (χ0) is 14.5. The van der Waals surface area contributed by atoms with Crippen molar-refractivity contribution in [3.05, 3.63) is 53.7 Å². The maximum absolute atomic E-state index is 11.8. The maximum atomic E-state index is 11.8. The summed E-state index contributed by atoms with van der Waals surface area (Å²) in [7, 11) is 0. The van der Waals surface area contributed by atoms with Crippen molar-refractivity contribution in [3.8, 4) is 5.75 Å². The summed E-state index contributed by atoms with van der Waals surface area (Å²) in [5, 5.41) is 20.5. The number of aromatic nitrogens is 1. The molecule has 0 saturated heterocycles. The summed E-state index contributed by atoms with van der Waals surface area (Å²) >= 11 is 0. The number of benzene rings is 1. The highest BCUT2D eigenvalue weighted by atomic mass is 16.4. The second-order valence-corrected chi connectivity index (χ2v) is 4.13. The van der Waals surface area contributed by atoms with Crippen LogP contribution in [0.3, 0.4) is 0 Å². The van der Waals surface area contributed by atoms with Crippen LogP contribution >= 0.6 is 0 Å². The minimum Gasteiger partial charge on any atom is -0.508 e. The number of phenolic OH excluding ortho intramolecular Hbond substituents is 1. The Morgan fingerprint density at radius 3 is 2.50 bits per heavy atom. The summed E-state index contributed by atoms with van der Waals surface area (Å²) in [4.78, 5) is 26.5. The molecule has 3 N–H and O–H groups in total. The molecule has 2 rings (SSSR count). The average Bonchev–Trinajstić information content (AvgIpc) is 2.41. The lowest BCUT2D eigenvalue weighted by atomic mass is 10.1. The second kappa shape index (κ2) is 5.83. The van der Waals surface area contributed by atoms with Crippen LogP contribution in [0.1, 0.15) is 15.9 Å². The van der Waals surface area contributed by atoms with Crippen LogP contribution in [0.2, 0.25) is 0 Å². The molecule has 0 radical (unpaired) electrons. The number of rotatable bonds is 4. The Labute approximate surface area is 114 Å². The molecule has 1 amide bonds. The molecule has 0 spiro atoms. The van der Waals surface area contributed by atoms with Crippen molar-refractivity contribution < 1.29 is 19.8 Å². The number of hydrogen-bond donors (Lipinski definition) is 3. The number of aromatic carboxylic acids is 1. The monoisotopic (exact) mass is 272 g/mol. The van der Waals surface area contributed by atoms with Gasteiger partial charge in [-0.25, -0.2) is 9.78 Å². The highest BCUT2D eigenvalue weighted by Gasteiger charge is 2.08. The zero-order valence-electron chi connectivity index (χ0n) is 10.4. The molecule has 2 aromatic rings. The fourth-order valence-corrected chi connectivity index (χ4v) is 1.62. The molecular formula is C14H12N2O4. The standard InChI is InChI=1S/C14H12N2O4/c17-11-3-1-9(2-4-11)7-13(18)16-12-8-10(14(19)20)5-6-15-12/h1-6,8,17H,7H2,(H,19,20)(H,15,16,18). The third kappa shape index (κ3) is 3.55. The number of carboxylic acid groups (broad SMARTS) is 1. The van der Waals surface area contributed by atoms with E-state index in [0.717, 1.165) is 5.56 Å². The zero-order valence-corrected chi connectivity index (χ0v) is 10.4. The molecule has 1 aromatic carbocycles. The average molecular weight is 272 g/mol. The van der Waals surface area contributed by atoms with Gasteiger partial charge in [0.25, 0.3) is 0 Å². The molecule has 1 heterocycles. The number of carbonyl (C=O) groups is 2. The van der Waals surface area contributed by atoms with Crippen molar-refractivity contribution in [1.82, 2.24) is 4.98 Å². The van der Waals surface area contributed by atoms with Gasteiger partial charge in [0.05, 0.1) is 12.0 Å². The number of nitrogens with one attached hydrogen (secondary N) is 1. The fourth-order valence-electron chi connectivity index (χ4n) is 1.62. The smallest absolute Gasteiger partial charge is 0.335 e. The Kier molecular flexibility index (Phi) is 3.95. The third-order valence-corrected chi connectivity index (χ3v) is 2.58. The number of amides is 1. The normalized spacial score (nSPS) is 10.0. The predicted molar refractivity (Wildman–Crippen MR) is 71.6 cm³/mol. The first-order valence-electron chi connectivity index (χ1n) is 5.82. The molecule has 6 nitrogen and oxygen atoms in total. The van der Waals surface area contributed by atoms with E-state index in [9.17, 15) is 9.59 Å². The molecule has 0 unspecified atom stereocenters. The highest BCUT2D eigenvalue weighted by molar-refractivity contribution is 5.93. The van der Waals surface area contributed by atoms with Crippen LogP contribution in [0.15, 0.2) is 42.6 Å². The lowest BCUT2D eigenvalue weighted by Gasteiger charge is -2.05. The van der Waals surface area contributed by atoms with Crippen molar-refractivity contribution in [3.63, 3.8) is 0 Å². The molecule has 0 saturated carbocycles. The lowest BCUT2D eigenvalue weighted by molar-refractivity contribution is -0.115. The SMILES string of the molecule is O=C(Cc1ccc(O)cc1)Nc1cc(C(=O)O)ccn1. The first kappa shape index (κ1) is 13.5. The Hall–Kier alpha value is -2.89. The molecular weight excluding hydrogens is 260 g/mol. The number of pyridine rings is 1. The molecule has 0 aliphatic heterocycles. The van der Waals surface area contributed by atoms with Crippen LogP contribution in [0.4, 0.5) is 5.82 Å². The molecule has 6 heteroatoms. The Balaban J connectivity index is 2.02. The largest absolute Gasteiger partial charge is 0.508 e. The number of aromatic hydroxyl groups is 1. The van der Waals surface area contributed by atoms with E-state index < -0.39 is 5.97 Å². The van der Waals surface area contributed by atoms with E-state index in [1.165, 1.54) is 30.5 Å². The minimum atomic E-state index is -1.08. The summed E-state index contributed by atoms with van der Waals surface area (Å²) < 4.78 is 0. The van der Waals surface area contributed by atoms with Crippen LogP contribution in [-0.2, 0) is 11.2 Å². The Bertz CT molecular complexity index is 638. The number of carboxylic acids is 1. The van der Waals surface area contributed by atoms with Gasteiger partial charge in [0, 0.05) is 6.20 Å². The van der Waals surface area contributed by atoms with Crippen molar-refractivity contribution in [1.29, 1.82) is 0 Å². The van der Waals surface area contributed by atoms with Gasteiger partial charge in [0.1, 0.15) is 11.6 Å². The second-order valence-electron chi connectivity index (χ2n) is 4.13. The molecule has 0 fully saturated rings. The number of hydrogen-bond acceptors (Lipinski definition) is 4. The van der Waals surface area contributed by atoms with Crippen LogP contribution in [0.25, 0.3) is 0 Å². The van der Waals surface area contributed by atoms with Crippen molar-refractivity contribution in [2.24, 2.45) is 0 Å². The molecule has 0 aliphatic rings.